The zero-order valence-electron chi connectivity index (χ0n) is 12.1. The summed E-state index contributed by atoms with van der Waals surface area (Å²) < 4.78 is 5.71. The smallest absolute Gasteiger partial charge is 0.267 e. The minimum absolute atomic E-state index is 0.0685. The number of amides is 1. The van der Waals surface area contributed by atoms with Crippen LogP contribution in [0.15, 0.2) is 42.5 Å². The van der Waals surface area contributed by atoms with Crippen molar-refractivity contribution in [2.45, 2.75) is 19.4 Å². The summed E-state index contributed by atoms with van der Waals surface area (Å²) in [6.07, 6.45) is 0.262. The molecule has 1 heterocycles. The van der Waals surface area contributed by atoms with E-state index in [1.807, 2.05) is 24.3 Å². The molecule has 0 aromatic heterocycles. The van der Waals surface area contributed by atoms with Crippen molar-refractivity contribution in [3.8, 4) is 5.75 Å². The van der Waals surface area contributed by atoms with E-state index in [-0.39, 0.29) is 5.91 Å². The summed E-state index contributed by atoms with van der Waals surface area (Å²) in [6.45, 7) is 2.42. The second-order valence-electron chi connectivity index (χ2n) is 5.23. The number of hydrogen-bond acceptors (Lipinski definition) is 2. The molecule has 3 nitrogen and oxygen atoms in total. The van der Waals surface area contributed by atoms with Gasteiger partial charge in [0.2, 0.25) is 0 Å². The lowest BCUT2D eigenvalue weighted by Crippen LogP contribution is -2.39. The van der Waals surface area contributed by atoms with E-state index in [4.69, 9.17) is 27.9 Å². The molecule has 5 heteroatoms. The molecule has 0 bridgehead atoms. The third-order valence-corrected chi connectivity index (χ3v) is 4.09. The Hall–Kier alpha value is -1.71. The zero-order chi connectivity index (χ0) is 15.7. The first-order valence-electron chi connectivity index (χ1n) is 7.06. The van der Waals surface area contributed by atoms with Crippen molar-refractivity contribution < 1.29 is 9.53 Å². The number of nitrogens with zero attached hydrogens (tertiary/aromatic N) is 1. The van der Waals surface area contributed by atoms with E-state index >= 15 is 0 Å². The number of anilines is 1. The molecule has 2 aromatic carbocycles. The van der Waals surface area contributed by atoms with Crippen molar-refractivity contribution in [1.82, 2.24) is 0 Å². The topological polar surface area (TPSA) is 29.5 Å². The summed E-state index contributed by atoms with van der Waals surface area (Å²) in [7, 11) is 0. The predicted molar refractivity (Wildman–Crippen MR) is 89.1 cm³/mol. The van der Waals surface area contributed by atoms with Gasteiger partial charge in [-0.2, -0.15) is 0 Å². The monoisotopic (exact) mass is 335 g/mol. The van der Waals surface area contributed by atoms with Gasteiger partial charge in [0.1, 0.15) is 5.75 Å². The van der Waals surface area contributed by atoms with Crippen LogP contribution in [0.25, 0.3) is 0 Å². The van der Waals surface area contributed by atoms with Crippen molar-refractivity contribution in [2.75, 3.05) is 11.4 Å². The predicted octanol–water partition coefficient (Wildman–Crippen LogP) is 4.35. The second kappa shape index (κ2) is 6.19. The minimum atomic E-state index is -0.610. The first-order valence-corrected chi connectivity index (χ1v) is 7.82. The first kappa shape index (κ1) is 15.2. The molecule has 1 atom stereocenters. The van der Waals surface area contributed by atoms with Crippen LogP contribution in [0.5, 0.6) is 5.75 Å². The maximum atomic E-state index is 12.6. The van der Waals surface area contributed by atoms with E-state index in [9.17, 15) is 4.79 Å². The summed E-state index contributed by atoms with van der Waals surface area (Å²) >= 11 is 11.9. The molecule has 114 valence electrons. The summed E-state index contributed by atoms with van der Waals surface area (Å²) in [5.74, 6) is 0.423. The molecule has 0 spiro atoms. The van der Waals surface area contributed by atoms with Gasteiger partial charge in [0.25, 0.3) is 5.91 Å². The van der Waals surface area contributed by atoms with Crippen LogP contribution in [0, 0.1) is 0 Å². The van der Waals surface area contributed by atoms with E-state index in [0.29, 0.717) is 22.3 Å². The quantitative estimate of drug-likeness (QED) is 0.834. The zero-order valence-corrected chi connectivity index (χ0v) is 13.6. The molecule has 0 saturated carbocycles. The van der Waals surface area contributed by atoms with Gasteiger partial charge in [-0.05, 0) is 43.2 Å². The number of rotatable bonds is 3. The van der Waals surface area contributed by atoms with Crippen LogP contribution >= 0.6 is 23.2 Å². The van der Waals surface area contributed by atoms with Gasteiger partial charge in [-0.25, -0.2) is 0 Å². The number of para-hydroxylation sites is 1. The minimum Gasteiger partial charge on any atom is -0.481 e. The van der Waals surface area contributed by atoms with Gasteiger partial charge in [0.15, 0.2) is 6.10 Å². The summed E-state index contributed by atoms with van der Waals surface area (Å²) in [6, 6.07) is 12.9. The normalized spacial score (nSPS) is 14.6. The molecule has 3 rings (SSSR count). The molecular formula is C17H15Cl2NO2. The van der Waals surface area contributed by atoms with E-state index in [2.05, 4.69) is 0 Å². The lowest BCUT2D eigenvalue weighted by molar-refractivity contribution is -0.124. The van der Waals surface area contributed by atoms with Gasteiger partial charge < -0.3 is 9.64 Å². The van der Waals surface area contributed by atoms with Crippen LogP contribution in [0.4, 0.5) is 5.69 Å². The maximum absolute atomic E-state index is 12.6. The average molecular weight is 336 g/mol. The number of halogens is 2. The Labute approximate surface area is 139 Å². The van der Waals surface area contributed by atoms with Crippen LogP contribution in [0.3, 0.4) is 0 Å². The molecule has 22 heavy (non-hydrogen) atoms. The number of carbonyl (C=O) groups excluding carboxylic acids is 1. The molecule has 1 aliphatic heterocycles. The Morgan fingerprint density at radius 1 is 1.18 bits per heavy atom. The molecule has 1 amide bonds. The van der Waals surface area contributed by atoms with Gasteiger partial charge in [-0.1, -0.05) is 41.4 Å². The molecule has 0 N–H and O–H groups in total. The van der Waals surface area contributed by atoms with Crippen LogP contribution < -0.4 is 9.64 Å². The molecule has 1 aliphatic rings. The molecule has 0 unspecified atom stereocenters. The third kappa shape index (κ3) is 3.06. The van der Waals surface area contributed by atoms with Gasteiger partial charge in [-0.3, -0.25) is 4.79 Å². The third-order valence-electron chi connectivity index (χ3n) is 3.65. The molecule has 0 fully saturated rings. The van der Waals surface area contributed by atoms with Crippen molar-refractivity contribution in [1.29, 1.82) is 0 Å². The van der Waals surface area contributed by atoms with Crippen molar-refractivity contribution in [2.24, 2.45) is 0 Å². The van der Waals surface area contributed by atoms with E-state index < -0.39 is 6.10 Å². The van der Waals surface area contributed by atoms with Crippen molar-refractivity contribution in [3.63, 3.8) is 0 Å². The number of carbonyl (C=O) groups is 1. The molecular weight excluding hydrogens is 321 g/mol. The number of fused-ring (bicyclic) bond motifs is 1. The lowest BCUT2D eigenvalue weighted by Gasteiger charge is -2.22. The number of ether oxygens (including phenoxy) is 1. The summed E-state index contributed by atoms with van der Waals surface area (Å²) in [4.78, 5) is 14.4. The van der Waals surface area contributed by atoms with Crippen LogP contribution in [0.1, 0.15) is 12.5 Å². The fraction of sp³-hybridized carbons (Fsp3) is 0.235. The SMILES string of the molecule is C[C@H](Oc1cc(Cl)cc(Cl)c1)C(=O)N1CCc2ccccc21. The van der Waals surface area contributed by atoms with Crippen LogP contribution in [-0.2, 0) is 11.2 Å². The van der Waals surface area contributed by atoms with E-state index in [1.165, 1.54) is 5.56 Å². The fourth-order valence-electron chi connectivity index (χ4n) is 2.64. The van der Waals surface area contributed by atoms with E-state index in [1.54, 1.807) is 30.0 Å². The largest absolute Gasteiger partial charge is 0.481 e. The Balaban J connectivity index is 1.75. The Bertz CT molecular complexity index is 697. The van der Waals surface area contributed by atoms with Gasteiger partial charge in [0, 0.05) is 22.3 Å². The van der Waals surface area contributed by atoms with Gasteiger partial charge in [-0.15, -0.1) is 0 Å². The van der Waals surface area contributed by atoms with Gasteiger partial charge in [0.05, 0.1) is 0 Å². The van der Waals surface area contributed by atoms with Crippen LogP contribution in [-0.4, -0.2) is 18.6 Å². The van der Waals surface area contributed by atoms with E-state index in [0.717, 1.165) is 12.1 Å². The average Bonchev–Trinajstić information content (AvgIpc) is 2.89. The second-order valence-corrected chi connectivity index (χ2v) is 6.11. The molecule has 0 radical (unpaired) electrons. The first-order chi connectivity index (χ1) is 10.5. The Morgan fingerprint density at radius 3 is 2.59 bits per heavy atom. The number of hydrogen-bond donors (Lipinski definition) is 0. The highest BCUT2D eigenvalue weighted by molar-refractivity contribution is 6.34. The highest BCUT2D eigenvalue weighted by Gasteiger charge is 2.28. The lowest BCUT2D eigenvalue weighted by atomic mass is 10.2. The highest BCUT2D eigenvalue weighted by atomic mass is 35.5. The molecule has 0 aliphatic carbocycles. The summed E-state index contributed by atoms with van der Waals surface area (Å²) in [5.41, 5.74) is 2.15. The standard InChI is InChI=1S/C17H15Cl2NO2/c1-11(22-15-9-13(18)8-14(19)10-15)17(21)20-7-6-12-4-2-3-5-16(12)20/h2-5,8-11H,6-7H2,1H3/t11-/m0/s1. The molecule has 2 aromatic rings. The maximum Gasteiger partial charge on any atom is 0.267 e. The highest BCUT2D eigenvalue weighted by Crippen LogP contribution is 2.29. The van der Waals surface area contributed by atoms with Gasteiger partial charge >= 0.3 is 0 Å². The Morgan fingerprint density at radius 2 is 1.86 bits per heavy atom. The number of benzene rings is 2. The summed E-state index contributed by atoms with van der Waals surface area (Å²) in [5, 5.41) is 0.960. The van der Waals surface area contributed by atoms with Crippen molar-refractivity contribution >= 4 is 34.8 Å². The van der Waals surface area contributed by atoms with Crippen molar-refractivity contribution in [3.05, 3.63) is 58.1 Å². The van der Waals surface area contributed by atoms with Crippen LogP contribution in [0.2, 0.25) is 10.0 Å². The molecule has 0 saturated heterocycles. The fourth-order valence-corrected chi connectivity index (χ4v) is 3.14. The Kier molecular flexibility index (Phi) is 4.27.